The van der Waals surface area contributed by atoms with Crippen LogP contribution in [0.25, 0.3) is 39.4 Å². The van der Waals surface area contributed by atoms with Crippen LogP contribution in [0.4, 0.5) is 0 Å². The zero-order valence-electron chi connectivity index (χ0n) is 25.6. The second kappa shape index (κ2) is 11.2. The first-order chi connectivity index (χ1) is 21.3. The van der Waals surface area contributed by atoms with Gasteiger partial charge in [-0.25, -0.2) is 4.98 Å². The lowest BCUT2D eigenvalue weighted by Gasteiger charge is -2.41. The Morgan fingerprint density at radius 1 is 0.955 bits per heavy atom. The SMILES string of the molecule is CC(=O)/C=C/c1ccc2nc(C3(NC(=O)c4ccc5c(C6CCCCC6)c(-c6cnccn6)n(C)c5c4)CCC3)n(C)c2c1. The molecule has 2 aliphatic rings. The van der Waals surface area contributed by atoms with Gasteiger partial charge in [0.25, 0.3) is 5.91 Å². The minimum atomic E-state index is -0.526. The predicted molar refractivity (Wildman–Crippen MR) is 173 cm³/mol. The van der Waals surface area contributed by atoms with Gasteiger partial charge >= 0.3 is 0 Å². The number of benzene rings is 2. The third kappa shape index (κ3) is 4.82. The lowest BCUT2D eigenvalue weighted by Crippen LogP contribution is -2.52. The minimum Gasteiger partial charge on any atom is -0.342 e. The van der Waals surface area contributed by atoms with E-state index in [9.17, 15) is 9.59 Å². The predicted octanol–water partition coefficient (Wildman–Crippen LogP) is 6.98. The highest BCUT2D eigenvalue weighted by molar-refractivity contribution is 6.01. The first-order valence-electron chi connectivity index (χ1n) is 15.7. The fourth-order valence-corrected chi connectivity index (χ4v) is 7.32. The van der Waals surface area contributed by atoms with E-state index in [1.165, 1.54) is 43.1 Å². The molecule has 0 unspecified atom stereocenters. The first-order valence-corrected chi connectivity index (χ1v) is 15.7. The maximum Gasteiger partial charge on any atom is 0.252 e. The normalized spacial score (nSPS) is 16.9. The summed E-state index contributed by atoms with van der Waals surface area (Å²) in [7, 11) is 4.08. The second-order valence-corrected chi connectivity index (χ2v) is 12.6. The summed E-state index contributed by atoms with van der Waals surface area (Å²) < 4.78 is 4.28. The summed E-state index contributed by atoms with van der Waals surface area (Å²) in [6.07, 6.45) is 17.5. The number of carbonyl (C=O) groups is 2. The summed E-state index contributed by atoms with van der Waals surface area (Å²) in [5, 5.41) is 4.60. The summed E-state index contributed by atoms with van der Waals surface area (Å²) in [5.74, 6) is 1.25. The number of ketones is 1. The second-order valence-electron chi connectivity index (χ2n) is 12.6. The largest absolute Gasteiger partial charge is 0.342 e. The van der Waals surface area contributed by atoms with Gasteiger partial charge in [0.15, 0.2) is 5.78 Å². The maximum absolute atomic E-state index is 14.0. The van der Waals surface area contributed by atoms with Gasteiger partial charge in [0, 0.05) is 43.0 Å². The van der Waals surface area contributed by atoms with Gasteiger partial charge in [-0.3, -0.25) is 19.6 Å². The van der Waals surface area contributed by atoms with E-state index in [0.717, 1.165) is 58.6 Å². The van der Waals surface area contributed by atoms with Crippen molar-refractivity contribution in [2.75, 3.05) is 0 Å². The molecule has 44 heavy (non-hydrogen) atoms. The Labute approximate surface area is 257 Å². The van der Waals surface area contributed by atoms with Crippen LogP contribution in [-0.4, -0.2) is 35.8 Å². The number of allylic oxidation sites excluding steroid dienone is 1. The Kier molecular flexibility index (Phi) is 7.15. The van der Waals surface area contributed by atoms with Crippen LogP contribution in [0.5, 0.6) is 0 Å². The van der Waals surface area contributed by atoms with Crippen LogP contribution < -0.4 is 5.32 Å². The van der Waals surface area contributed by atoms with E-state index in [1.54, 1.807) is 25.4 Å². The van der Waals surface area contributed by atoms with Gasteiger partial charge in [-0.1, -0.05) is 37.5 Å². The van der Waals surface area contributed by atoms with Crippen molar-refractivity contribution in [3.63, 3.8) is 0 Å². The van der Waals surface area contributed by atoms with Crippen LogP contribution in [0.1, 0.15) is 91.5 Å². The number of rotatable bonds is 7. The molecule has 2 saturated carbocycles. The van der Waals surface area contributed by atoms with Crippen molar-refractivity contribution in [1.29, 1.82) is 0 Å². The third-order valence-corrected chi connectivity index (χ3v) is 9.72. The molecule has 0 saturated heterocycles. The molecule has 0 radical (unpaired) electrons. The van der Waals surface area contributed by atoms with Gasteiger partial charge in [-0.05, 0) is 86.4 Å². The van der Waals surface area contributed by atoms with E-state index in [0.29, 0.717) is 11.5 Å². The lowest BCUT2D eigenvalue weighted by molar-refractivity contribution is -0.112. The van der Waals surface area contributed by atoms with E-state index in [1.807, 2.05) is 49.7 Å². The fraction of sp³-hybridized carbons (Fsp3) is 0.361. The smallest absolute Gasteiger partial charge is 0.252 e. The maximum atomic E-state index is 14.0. The Balaban J connectivity index is 1.24. The number of nitrogens with one attached hydrogen (secondary N) is 1. The summed E-state index contributed by atoms with van der Waals surface area (Å²) in [6.45, 7) is 1.54. The molecule has 0 spiro atoms. The van der Waals surface area contributed by atoms with E-state index in [4.69, 9.17) is 4.98 Å². The molecule has 0 bridgehead atoms. The number of carbonyl (C=O) groups excluding carboxylic acids is 2. The van der Waals surface area contributed by atoms with Gasteiger partial charge < -0.3 is 14.5 Å². The van der Waals surface area contributed by atoms with Gasteiger partial charge in [-0.15, -0.1) is 0 Å². The first kappa shape index (κ1) is 28.2. The zero-order chi connectivity index (χ0) is 30.4. The van der Waals surface area contributed by atoms with Crippen molar-refractivity contribution in [1.82, 2.24) is 29.4 Å². The van der Waals surface area contributed by atoms with E-state index in [-0.39, 0.29) is 11.7 Å². The number of fused-ring (bicyclic) bond motifs is 2. The number of imidazole rings is 1. The number of aryl methyl sites for hydroxylation is 2. The average molecular weight is 587 g/mol. The molecule has 8 heteroatoms. The zero-order valence-corrected chi connectivity index (χ0v) is 25.6. The van der Waals surface area contributed by atoms with Crippen molar-refractivity contribution < 1.29 is 9.59 Å². The van der Waals surface area contributed by atoms with Crippen LogP contribution in [0.15, 0.2) is 61.1 Å². The van der Waals surface area contributed by atoms with Crippen molar-refractivity contribution in [2.45, 2.75) is 69.7 Å². The molecule has 2 fully saturated rings. The number of amides is 1. The molecular formula is C36H38N6O2. The minimum absolute atomic E-state index is 0.00984. The van der Waals surface area contributed by atoms with Gasteiger partial charge in [0.1, 0.15) is 11.5 Å². The third-order valence-electron chi connectivity index (χ3n) is 9.72. The highest BCUT2D eigenvalue weighted by Gasteiger charge is 2.44. The fourth-order valence-electron chi connectivity index (χ4n) is 7.32. The molecule has 3 aromatic heterocycles. The van der Waals surface area contributed by atoms with E-state index in [2.05, 4.69) is 37.5 Å². The van der Waals surface area contributed by atoms with Crippen molar-refractivity contribution in [2.24, 2.45) is 14.1 Å². The highest BCUT2D eigenvalue weighted by atomic mass is 16.2. The highest BCUT2D eigenvalue weighted by Crippen LogP contribution is 2.44. The quantitative estimate of drug-likeness (QED) is 0.208. The number of hydrogen-bond acceptors (Lipinski definition) is 5. The van der Waals surface area contributed by atoms with Crippen LogP contribution in [-0.2, 0) is 24.4 Å². The topological polar surface area (TPSA) is 94.7 Å². The Morgan fingerprint density at radius 3 is 2.48 bits per heavy atom. The van der Waals surface area contributed by atoms with Gasteiger partial charge in [-0.2, -0.15) is 0 Å². The van der Waals surface area contributed by atoms with Gasteiger partial charge in [0.05, 0.1) is 28.5 Å². The molecule has 0 atom stereocenters. The Morgan fingerprint density at radius 2 is 1.77 bits per heavy atom. The van der Waals surface area contributed by atoms with E-state index < -0.39 is 5.54 Å². The summed E-state index contributed by atoms with van der Waals surface area (Å²) in [6, 6.07) is 12.1. The van der Waals surface area contributed by atoms with Gasteiger partial charge in [0.2, 0.25) is 0 Å². The van der Waals surface area contributed by atoms with E-state index >= 15 is 0 Å². The summed E-state index contributed by atoms with van der Waals surface area (Å²) in [5.41, 5.74) is 7.25. The molecule has 2 aromatic carbocycles. The molecule has 5 aromatic rings. The van der Waals surface area contributed by atoms with Crippen molar-refractivity contribution in [3.05, 3.63) is 83.6 Å². The lowest BCUT2D eigenvalue weighted by atomic mass is 9.75. The van der Waals surface area contributed by atoms with Crippen molar-refractivity contribution >= 4 is 39.7 Å². The summed E-state index contributed by atoms with van der Waals surface area (Å²) >= 11 is 0. The molecule has 0 aliphatic heterocycles. The molecule has 2 aliphatic carbocycles. The monoisotopic (exact) mass is 586 g/mol. The number of aromatic nitrogens is 5. The molecule has 8 nitrogen and oxygen atoms in total. The van der Waals surface area contributed by atoms with Crippen LogP contribution in [0, 0.1) is 0 Å². The standard InChI is InChI=1S/C36H38N6O2/c1-23(43)10-11-24-12-15-28-31(20-24)42(3)35(39-28)36(16-7-17-36)40-34(44)26-13-14-27-30(21-26)41(2)33(29-22-37-18-19-38-29)32(27)25-8-5-4-6-9-25/h10-15,18-22,25H,4-9,16-17H2,1-3H3,(H,40,44)/b11-10+. The van der Waals surface area contributed by atoms with Crippen LogP contribution >= 0.6 is 0 Å². The van der Waals surface area contributed by atoms with Crippen LogP contribution in [0.2, 0.25) is 0 Å². The number of hydrogen-bond donors (Lipinski definition) is 1. The molecule has 1 N–H and O–H groups in total. The average Bonchev–Trinajstić information content (AvgIpc) is 3.51. The molecule has 7 rings (SSSR count). The Bertz CT molecular complexity index is 1920. The van der Waals surface area contributed by atoms with Crippen LogP contribution in [0.3, 0.4) is 0 Å². The van der Waals surface area contributed by atoms with Crippen molar-refractivity contribution in [3.8, 4) is 11.4 Å². The number of nitrogens with zero attached hydrogens (tertiary/aromatic N) is 5. The summed E-state index contributed by atoms with van der Waals surface area (Å²) in [4.78, 5) is 39.4. The molecule has 1 amide bonds. The molecule has 3 heterocycles. The Hall–Kier alpha value is -4.59. The molecular weight excluding hydrogens is 548 g/mol. The molecule has 224 valence electrons.